The molecule has 0 amide bonds. The lowest BCUT2D eigenvalue weighted by atomic mass is 10.2. The van der Waals surface area contributed by atoms with Crippen LogP contribution < -0.4 is 5.32 Å². The van der Waals surface area contributed by atoms with Gasteiger partial charge in [0.05, 0.1) is 25.9 Å². The van der Waals surface area contributed by atoms with E-state index in [4.69, 9.17) is 19.3 Å². The van der Waals surface area contributed by atoms with E-state index >= 15 is 0 Å². The summed E-state index contributed by atoms with van der Waals surface area (Å²) in [6, 6.07) is 0.313. The van der Waals surface area contributed by atoms with Gasteiger partial charge in [-0.2, -0.15) is 0 Å². The van der Waals surface area contributed by atoms with Crippen LogP contribution in [0.1, 0.15) is 20.3 Å². The SMILES string of the molecule is COCC(CCO)NC1COC(C)(C)OC1. The van der Waals surface area contributed by atoms with E-state index in [0.717, 1.165) is 0 Å². The molecule has 5 heteroatoms. The third-order valence-corrected chi connectivity index (χ3v) is 2.58. The molecule has 0 aromatic heterocycles. The van der Waals surface area contributed by atoms with E-state index in [0.29, 0.717) is 26.2 Å². The molecular weight excluding hydrogens is 210 g/mol. The fourth-order valence-corrected chi connectivity index (χ4v) is 1.69. The molecule has 0 aromatic carbocycles. The summed E-state index contributed by atoms with van der Waals surface area (Å²) in [5.41, 5.74) is 0. The molecular formula is C11H23NO4. The fraction of sp³-hybridized carbons (Fsp3) is 1.00. The number of nitrogens with one attached hydrogen (secondary N) is 1. The highest BCUT2D eigenvalue weighted by Gasteiger charge is 2.29. The minimum Gasteiger partial charge on any atom is -0.396 e. The van der Waals surface area contributed by atoms with Crippen LogP contribution in [0.15, 0.2) is 0 Å². The molecule has 0 spiro atoms. The van der Waals surface area contributed by atoms with Crippen LogP contribution >= 0.6 is 0 Å². The number of rotatable bonds is 6. The molecule has 96 valence electrons. The molecule has 2 N–H and O–H groups in total. The predicted molar refractivity (Wildman–Crippen MR) is 60.3 cm³/mol. The maximum atomic E-state index is 8.92. The molecule has 16 heavy (non-hydrogen) atoms. The van der Waals surface area contributed by atoms with Gasteiger partial charge in [0.1, 0.15) is 0 Å². The molecule has 1 aliphatic heterocycles. The van der Waals surface area contributed by atoms with Crippen LogP contribution in [-0.4, -0.2) is 56.5 Å². The van der Waals surface area contributed by atoms with Crippen LogP contribution in [0, 0.1) is 0 Å². The second-order valence-electron chi connectivity index (χ2n) is 4.55. The summed E-state index contributed by atoms with van der Waals surface area (Å²) >= 11 is 0. The lowest BCUT2D eigenvalue weighted by Gasteiger charge is -2.36. The molecule has 5 nitrogen and oxygen atoms in total. The van der Waals surface area contributed by atoms with Gasteiger partial charge in [0.2, 0.25) is 0 Å². The highest BCUT2D eigenvalue weighted by atomic mass is 16.7. The summed E-state index contributed by atoms with van der Waals surface area (Å²) in [6.45, 7) is 5.80. The van der Waals surface area contributed by atoms with Gasteiger partial charge >= 0.3 is 0 Å². The first-order valence-electron chi connectivity index (χ1n) is 5.71. The van der Waals surface area contributed by atoms with Gasteiger partial charge in [-0.3, -0.25) is 0 Å². The van der Waals surface area contributed by atoms with Crippen LogP contribution in [-0.2, 0) is 14.2 Å². The third-order valence-electron chi connectivity index (χ3n) is 2.58. The van der Waals surface area contributed by atoms with Gasteiger partial charge in [0.15, 0.2) is 5.79 Å². The number of hydrogen-bond acceptors (Lipinski definition) is 5. The largest absolute Gasteiger partial charge is 0.396 e. The second-order valence-corrected chi connectivity index (χ2v) is 4.55. The van der Waals surface area contributed by atoms with Gasteiger partial charge in [-0.05, 0) is 20.3 Å². The van der Waals surface area contributed by atoms with Crippen molar-refractivity contribution >= 4 is 0 Å². The minimum absolute atomic E-state index is 0.147. The lowest BCUT2D eigenvalue weighted by Crippen LogP contribution is -2.52. The van der Waals surface area contributed by atoms with Crippen molar-refractivity contribution in [1.29, 1.82) is 0 Å². The first-order valence-corrected chi connectivity index (χ1v) is 5.71. The molecule has 1 unspecified atom stereocenters. The van der Waals surface area contributed by atoms with Gasteiger partial charge in [-0.25, -0.2) is 0 Å². The first kappa shape index (κ1) is 13.9. The molecule has 0 saturated carbocycles. The Morgan fingerprint density at radius 2 is 2.06 bits per heavy atom. The molecule has 1 saturated heterocycles. The van der Waals surface area contributed by atoms with Gasteiger partial charge < -0.3 is 24.6 Å². The molecule has 0 bridgehead atoms. The Labute approximate surface area is 97.1 Å². The summed E-state index contributed by atoms with van der Waals surface area (Å²) in [5, 5.41) is 12.3. The summed E-state index contributed by atoms with van der Waals surface area (Å²) in [6.07, 6.45) is 0.674. The highest BCUT2D eigenvalue weighted by Crippen LogP contribution is 2.17. The van der Waals surface area contributed by atoms with Crippen molar-refractivity contribution in [1.82, 2.24) is 5.32 Å². The van der Waals surface area contributed by atoms with Crippen molar-refractivity contribution in [3.63, 3.8) is 0 Å². The second kappa shape index (κ2) is 6.51. The van der Waals surface area contributed by atoms with Crippen molar-refractivity contribution in [2.24, 2.45) is 0 Å². The predicted octanol–water partition coefficient (Wildman–Crippen LogP) is 0.125. The van der Waals surface area contributed by atoms with Crippen molar-refractivity contribution in [2.75, 3.05) is 33.5 Å². The quantitative estimate of drug-likeness (QED) is 0.682. The van der Waals surface area contributed by atoms with Gasteiger partial charge in [0, 0.05) is 19.8 Å². The number of ether oxygens (including phenoxy) is 3. The molecule has 1 fully saturated rings. The first-order chi connectivity index (χ1) is 7.57. The molecule has 0 aliphatic carbocycles. The highest BCUT2D eigenvalue weighted by molar-refractivity contribution is 4.78. The summed E-state index contributed by atoms with van der Waals surface area (Å²) in [4.78, 5) is 0. The summed E-state index contributed by atoms with van der Waals surface area (Å²) in [7, 11) is 1.66. The average molecular weight is 233 g/mol. The van der Waals surface area contributed by atoms with E-state index in [1.165, 1.54) is 0 Å². The van der Waals surface area contributed by atoms with Crippen LogP contribution in [0.4, 0.5) is 0 Å². The Bertz CT molecular complexity index is 182. The minimum atomic E-state index is -0.480. The zero-order chi connectivity index (χ0) is 12.0. The zero-order valence-corrected chi connectivity index (χ0v) is 10.4. The van der Waals surface area contributed by atoms with Gasteiger partial charge in [-0.15, -0.1) is 0 Å². The Morgan fingerprint density at radius 3 is 2.56 bits per heavy atom. The molecule has 1 rings (SSSR count). The van der Waals surface area contributed by atoms with Crippen LogP contribution in [0.2, 0.25) is 0 Å². The van der Waals surface area contributed by atoms with E-state index in [9.17, 15) is 0 Å². The maximum absolute atomic E-state index is 8.92. The van der Waals surface area contributed by atoms with Crippen molar-refractivity contribution in [2.45, 2.75) is 38.1 Å². The van der Waals surface area contributed by atoms with Crippen LogP contribution in [0.25, 0.3) is 0 Å². The molecule has 1 aliphatic rings. The Balaban J connectivity index is 2.30. The smallest absolute Gasteiger partial charge is 0.162 e. The fourth-order valence-electron chi connectivity index (χ4n) is 1.69. The average Bonchev–Trinajstić information content (AvgIpc) is 2.22. The van der Waals surface area contributed by atoms with E-state index < -0.39 is 5.79 Å². The van der Waals surface area contributed by atoms with E-state index in [2.05, 4.69) is 5.32 Å². The molecule has 0 aromatic rings. The topological polar surface area (TPSA) is 60.0 Å². The van der Waals surface area contributed by atoms with Crippen LogP contribution in [0.3, 0.4) is 0 Å². The van der Waals surface area contributed by atoms with Gasteiger partial charge in [0.25, 0.3) is 0 Å². The van der Waals surface area contributed by atoms with Crippen molar-refractivity contribution < 1.29 is 19.3 Å². The van der Waals surface area contributed by atoms with E-state index in [1.54, 1.807) is 7.11 Å². The molecule has 0 radical (unpaired) electrons. The Hall–Kier alpha value is -0.200. The zero-order valence-electron chi connectivity index (χ0n) is 10.4. The van der Waals surface area contributed by atoms with E-state index in [-0.39, 0.29) is 18.7 Å². The third kappa shape index (κ3) is 4.76. The Kier molecular flexibility index (Phi) is 5.64. The normalized spacial score (nSPS) is 23.2. The van der Waals surface area contributed by atoms with Crippen molar-refractivity contribution in [3.05, 3.63) is 0 Å². The maximum Gasteiger partial charge on any atom is 0.162 e. The lowest BCUT2D eigenvalue weighted by molar-refractivity contribution is -0.253. The van der Waals surface area contributed by atoms with Crippen molar-refractivity contribution in [3.8, 4) is 0 Å². The number of methoxy groups -OCH3 is 1. The number of hydrogen-bond donors (Lipinski definition) is 2. The van der Waals surface area contributed by atoms with Gasteiger partial charge in [-0.1, -0.05) is 0 Å². The standard InChI is InChI=1S/C11H23NO4/c1-11(2)15-7-10(8-16-11)12-9(4-5-13)6-14-3/h9-10,12-13H,4-8H2,1-3H3. The number of aliphatic hydroxyl groups is 1. The molecule has 1 atom stereocenters. The monoisotopic (exact) mass is 233 g/mol. The number of aliphatic hydroxyl groups excluding tert-OH is 1. The van der Waals surface area contributed by atoms with Crippen LogP contribution in [0.5, 0.6) is 0 Å². The Morgan fingerprint density at radius 1 is 1.44 bits per heavy atom. The van der Waals surface area contributed by atoms with E-state index in [1.807, 2.05) is 13.8 Å². The summed E-state index contributed by atoms with van der Waals surface area (Å²) < 4.78 is 16.2. The summed E-state index contributed by atoms with van der Waals surface area (Å²) in [5.74, 6) is -0.480. The molecule has 1 heterocycles.